The molecule has 0 saturated carbocycles. The van der Waals surface area contributed by atoms with Gasteiger partial charge in [0, 0.05) is 18.5 Å². The van der Waals surface area contributed by atoms with Gasteiger partial charge in [0.15, 0.2) is 11.5 Å². The fraction of sp³-hybridized carbons (Fsp3) is 0.167. The number of fused-ring (bicyclic) bond motifs is 1. The summed E-state index contributed by atoms with van der Waals surface area (Å²) in [6.45, 7) is 2.24. The Kier molecular flexibility index (Phi) is 4.48. The number of amides is 1. The third-order valence-corrected chi connectivity index (χ3v) is 3.74. The van der Waals surface area contributed by atoms with Crippen molar-refractivity contribution in [3.05, 3.63) is 60.1 Å². The summed E-state index contributed by atoms with van der Waals surface area (Å²) in [7, 11) is 0. The minimum atomic E-state index is -0.381. The lowest BCUT2D eigenvalue weighted by molar-refractivity contribution is 0.0947. The highest BCUT2D eigenvalue weighted by Gasteiger charge is 2.18. The van der Waals surface area contributed by atoms with E-state index in [0.29, 0.717) is 22.9 Å². The van der Waals surface area contributed by atoms with E-state index in [1.54, 1.807) is 30.6 Å². The SMILES string of the molecule is Cc1cnc(CNC(=O)c2cncnc2Oc2ccc3c(c2)OCO3)cn1. The minimum absolute atomic E-state index is 0.136. The highest BCUT2D eigenvalue weighted by molar-refractivity contribution is 5.96. The average Bonchev–Trinajstić information content (AvgIpc) is 3.15. The Balaban J connectivity index is 1.48. The smallest absolute Gasteiger partial charge is 0.258 e. The van der Waals surface area contributed by atoms with E-state index in [-0.39, 0.29) is 30.7 Å². The van der Waals surface area contributed by atoms with Gasteiger partial charge >= 0.3 is 0 Å². The van der Waals surface area contributed by atoms with Crippen molar-refractivity contribution in [1.82, 2.24) is 25.3 Å². The van der Waals surface area contributed by atoms with Gasteiger partial charge in [-0.3, -0.25) is 14.8 Å². The predicted octanol–water partition coefficient (Wildman–Crippen LogP) is 2.03. The topological polar surface area (TPSA) is 108 Å². The van der Waals surface area contributed by atoms with E-state index in [0.717, 1.165) is 5.69 Å². The lowest BCUT2D eigenvalue weighted by atomic mass is 10.3. The first-order valence-corrected chi connectivity index (χ1v) is 8.12. The molecule has 0 fully saturated rings. The van der Waals surface area contributed by atoms with Crippen molar-refractivity contribution in [3.8, 4) is 23.1 Å². The maximum atomic E-state index is 12.5. The summed E-state index contributed by atoms with van der Waals surface area (Å²) < 4.78 is 16.3. The average molecular weight is 365 g/mol. The number of benzene rings is 1. The summed E-state index contributed by atoms with van der Waals surface area (Å²) in [5, 5.41) is 2.76. The Bertz CT molecular complexity index is 978. The van der Waals surface area contributed by atoms with Crippen molar-refractivity contribution in [2.75, 3.05) is 6.79 Å². The molecule has 1 amide bonds. The molecule has 1 aliphatic heterocycles. The van der Waals surface area contributed by atoms with Crippen LogP contribution >= 0.6 is 0 Å². The summed E-state index contributed by atoms with van der Waals surface area (Å²) in [5.74, 6) is 1.44. The summed E-state index contributed by atoms with van der Waals surface area (Å²) in [4.78, 5) is 28.8. The summed E-state index contributed by atoms with van der Waals surface area (Å²) in [5.41, 5.74) is 1.65. The summed E-state index contributed by atoms with van der Waals surface area (Å²) in [6.07, 6.45) is 5.96. The van der Waals surface area contributed by atoms with Crippen LogP contribution in [0.25, 0.3) is 0 Å². The largest absolute Gasteiger partial charge is 0.454 e. The van der Waals surface area contributed by atoms with Crippen LogP contribution in [0.5, 0.6) is 23.1 Å². The number of carbonyl (C=O) groups is 1. The van der Waals surface area contributed by atoms with Crippen molar-refractivity contribution in [3.63, 3.8) is 0 Å². The fourth-order valence-corrected chi connectivity index (χ4v) is 2.38. The van der Waals surface area contributed by atoms with Gasteiger partial charge in [0.25, 0.3) is 5.91 Å². The van der Waals surface area contributed by atoms with Crippen LogP contribution < -0.4 is 19.5 Å². The standard InChI is InChI=1S/C18H15N5O4/c1-11-5-21-12(6-20-11)7-22-17(24)14-8-19-9-23-18(14)27-13-2-3-15-16(4-13)26-10-25-15/h2-6,8-9H,7,10H2,1H3,(H,22,24). The van der Waals surface area contributed by atoms with Crippen molar-refractivity contribution >= 4 is 5.91 Å². The first-order valence-electron chi connectivity index (χ1n) is 8.12. The van der Waals surface area contributed by atoms with Gasteiger partial charge in [-0.15, -0.1) is 0 Å². The van der Waals surface area contributed by atoms with Crippen LogP contribution in [0, 0.1) is 6.92 Å². The molecule has 0 bridgehead atoms. The number of aromatic nitrogens is 4. The van der Waals surface area contributed by atoms with Crippen molar-refractivity contribution in [1.29, 1.82) is 0 Å². The van der Waals surface area contributed by atoms with Crippen molar-refractivity contribution < 1.29 is 19.0 Å². The normalized spacial score (nSPS) is 11.9. The Morgan fingerprint density at radius 2 is 2.04 bits per heavy atom. The number of hydrogen-bond donors (Lipinski definition) is 1. The van der Waals surface area contributed by atoms with Crippen LogP contribution in [0.4, 0.5) is 0 Å². The Morgan fingerprint density at radius 1 is 1.15 bits per heavy atom. The molecule has 1 N–H and O–H groups in total. The fourth-order valence-electron chi connectivity index (χ4n) is 2.38. The number of aryl methyl sites for hydroxylation is 1. The van der Waals surface area contributed by atoms with Crippen LogP contribution in [0.15, 0.2) is 43.1 Å². The van der Waals surface area contributed by atoms with Gasteiger partial charge in [-0.2, -0.15) is 0 Å². The van der Waals surface area contributed by atoms with Gasteiger partial charge in [0.1, 0.15) is 17.6 Å². The third kappa shape index (κ3) is 3.76. The van der Waals surface area contributed by atoms with Crippen molar-refractivity contribution in [2.45, 2.75) is 13.5 Å². The van der Waals surface area contributed by atoms with Gasteiger partial charge in [-0.05, 0) is 19.1 Å². The van der Waals surface area contributed by atoms with Crippen molar-refractivity contribution in [2.24, 2.45) is 0 Å². The Morgan fingerprint density at radius 3 is 2.89 bits per heavy atom. The molecule has 0 atom stereocenters. The van der Waals surface area contributed by atoms with E-state index in [1.165, 1.54) is 12.5 Å². The van der Waals surface area contributed by atoms with Gasteiger partial charge in [-0.1, -0.05) is 0 Å². The lowest BCUT2D eigenvalue weighted by Gasteiger charge is -2.10. The number of ether oxygens (including phenoxy) is 3. The van der Waals surface area contributed by atoms with Gasteiger partial charge in [-0.25, -0.2) is 9.97 Å². The minimum Gasteiger partial charge on any atom is -0.454 e. The Labute approximate surface area is 154 Å². The second kappa shape index (κ2) is 7.24. The third-order valence-electron chi connectivity index (χ3n) is 3.74. The molecule has 3 aromatic rings. The van der Waals surface area contributed by atoms with E-state index >= 15 is 0 Å². The molecule has 2 aromatic heterocycles. The monoisotopic (exact) mass is 365 g/mol. The van der Waals surface area contributed by atoms with Crippen LogP contribution in [-0.4, -0.2) is 32.6 Å². The lowest BCUT2D eigenvalue weighted by Crippen LogP contribution is -2.24. The zero-order chi connectivity index (χ0) is 18.6. The van der Waals surface area contributed by atoms with E-state index in [1.807, 2.05) is 6.92 Å². The molecule has 3 heterocycles. The molecule has 1 aliphatic rings. The molecule has 0 spiro atoms. The molecule has 0 saturated heterocycles. The molecule has 136 valence electrons. The van der Waals surface area contributed by atoms with E-state index in [2.05, 4.69) is 25.3 Å². The number of hydrogen-bond acceptors (Lipinski definition) is 8. The number of nitrogens with one attached hydrogen (secondary N) is 1. The van der Waals surface area contributed by atoms with Gasteiger partial charge < -0.3 is 19.5 Å². The molecule has 4 rings (SSSR count). The van der Waals surface area contributed by atoms with E-state index in [4.69, 9.17) is 14.2 Å². The van der Waals surface area contributed by atoms with Gasteiger partial charge in [0.05, 0.1) is 24.1 Å². The number of carbonyl (C=O) groups excluding carboxylic acids is 1. The van der Waals surface area contributed by atoms with E-state index < -0.39 is 0 Å². The van der Waals surface area contributed by atoms with Crippen LogP contribution in [0.1, 0.15) is 21.7 Å². The molecular formula is C18H15N5O4. The zero-order valence-corrected chi connectivity index (χ0v) is 14.4. The highest BCUT2D eigenvalue weighted by atomic mass is 16.7. The van der Waals surface area contributed by atoms with Gasteiger partial charge in [0.2, 0.25) is 12.7 Å². The molecule has 0 unspecified atom stereocenters. The van der Waals surface area contributed by atoms with Crippen LogP contribution in [0.3, 0.4) is 0 Å². The molecule has 0 radical (unpaired) electrons. The quantitative estimate of drug-likeness (QED) is 0.732. The molecule has 9 heteroatoms. The maximum absolute atomic E-state index is 12.5. The van der Waals surface area contributed by atoms with E-state index in [9.17, 15) is 4.79 Å². The summed E-state index contributed by atoms with van der Waals surface area (Å²) >= 11 is 0. The molecular weight excluding hydrogens is 350 g/mol. The highest BCUT2D eigenvalue weighted by Crippen LogP contribution is 2.36. The molecule has 1 aromatic carbocycles. The first kappa shape index (κ1) is 16.7. The maximum Gasteiger partial charge on any atom is 0.258 e. The Hall–Kier alpha value is -3.75. The first-order chi connectivity index (χ1) is 13.2. The number of nitrogens with zero attached hydrogens (tertiary/aromatic N) is 4. The predicted molar refractivity (Wildman–Crippen MR) is 92.6 cm³/mol. The number of rotatable bonds is 5. The van der Waals surface area contributed by atoms with Crippen LogP contribution in [-0.2, 0) is 6.54 Å². The van der Waals surface area contributed by atoms with Crippen LogP contribution in [0.2, 0.25) is 0 Å². The second-order valence-corrected chi connectivity index (χ2v) is 5.69. The zero-order valence-electron chi connectivity index (χ0n) is 14.4. The molecule has 0 aliphatic carbocycles. The molecule has 9 nitrogen and oxygen atoms in total. The summed E-state index contributed by atoms with van der Waals surface area (Å²) in [6, 6.07) is 5.11. The molecule has 27 heavy (non-hydrogen) atoms. The second-order valence-electron chi connectivity index (χ2n) is 5.69.